The predicted octanol–water partition coefficient (Wildman–Crippen LogP) is 4.03. The molecule has 0 saturated carbocycles. The van der Waals surface area contributed by atoms with Gasteiger partial charge >= 0.3 is 5.51 Å². The van der Waals surface area contributed by atoms with Crippen LogP contribution in [0.3, 0.4) is 0 Å². The number of piperidine rings is 1. The second-order valence-corrected chi connectivity index (χ2v) is 7.63. The summed E-state index contributed by atoms with van der Waals surface area (Å²) >= 11 is 0. The minimum atomic E-state index is -6.09. The van der Waals surface area contributed by atoms with E-state index < -0.39 is 15.6 Å². The molecule has 0 radical (unpaired) electrons. The summed E-state index contributed by atoms with van der Waals surface area (Å²) in [6, 6.07) is 0. The molecule has 8 heteroatoms. The molecule has 0 aromatic carbocycles. The lowest BCUT2D eigenvalue weighted by molar-refractivity contribution is -0.932. The van der Waals surface area contributed by atoms with Gasteiger partial charge in [-0.1, -0.05) is 26.7 Å². The van der Waals surface area contributed by atoms with E-state index in [9.17, 15) is 13.2 Å². The summed E-state index contributed by atoms with van der Waals surface area (Å²) in [7, 11) is -6.09. The maximum atomic E-state index is 10.7. The zero-order chi connectivity index (χ0) is 18.0. The molecule has 0 spiro atoms. The molecule has 0 aliphatic carbocycles. The fraction of sp³-hybridized carbons (Fsp3) is 1.00. The molecule has 1 saturated heterocycles. The highest BCUT2D eigenvalue weighted by Crippen LogP contribution is 2.21. The summed E-state index contributed by atoms with van der Waals surface area (Å²) in [4.78, 5) is 0. The summed E-state index contributed by atoms with van der Waals surface area (Å²) in [6.45, 7) is 10.5. The van der Waals surface area contributed by atoms with Crippen LogP contribution in [0.1, 0.15) is 65.2 Å². The Hall–Kier alpha value is -0.340. The Morgan fingerprint density at radius 2 is 1.43 bits per heavy atom. The van der Waals surface area contributed by atoms with Crippen LogP contribution < -0.4 is 0 Å². The molecule has 1 fully saturated rings. The predicted molar refractivity (Wildman–Crippen MR) is 83.8 cm³/mol. The van der Waals surface area contributed by atoms with Crippen molar-refractivity contribution in [2.75, 3.05) is 26.2 Å². The molecule has 1 heterocycles. The molecule has 0 amide bonds. The molecule has 1 aliphatic rings. The zero-order valence-electron chi connectivity index (χ0n) is 14.2. The molecule has 1 aliphatic heterocycles. The maximum absolute atomic E-state index is 10.7. The van der Waals surface area contributed by atoms with Gasteiger partial charge in [0.25, 0.3) is 0 Å². The fourth-order valence-electron chi connectivity index (χ4n) is 3.09. The highest BCUT2D eigenvalue weighted by atomic mass is 32.2. The van der Waals surface area contributed by atoms with Gasteiger partial charge in [0.2, 0.25) is 0 Å². The van der Waals surface area contributed by atoms with Gasteiger partial charge < -0.3 is 9.04 Å². The third-order valence-corrected chi connectivity index (χ3v) is 4.80. The van der Waals surface area contributed by atoms with E-state index in [1.807, 2.05) is 0 Å². The van der Waals surface area contributed by atoms with E-state index in [1.54, 1.807) is 0 Å². The third kappa shape index (κ3) is 9.52. The van der Waals surface area contributed by atoms with Crippen LogP contribution in [0.2, 0.25) is 0 Å². The molecule has 140 valence electrons. The topological polar surface area (TPSA) is 57.2 Å². The van der Waals surface area contributed by atoms with Crippen molar-refractivity contribution in [1.82, 2.24) is 0 Å². The first-order valence-corrected chi connectivity index (χ1v) is 9.86. The zero-order valence-corrected chi connectivity index (χ0v) is 15.0. The van der Waals surface area contributed by atoms with Crippen molar-refractivity contribution in [2.45, 2.75) is 70.7 Å². The quantitative estimate of drug-likeness (QED) is 0.298. The van der Waals surface area contributed by atoms with Gasteiger partial charge in [0.05, 0.1) is 26.2 Å². The van der Waals surface area contributed by atoms with Crippen molar-refractivity contribution in [3.05, 3.63) is 0 Å². The van der Waals surface area contributed by atoms with Crippen LogP contribution in [-0.2, 0) is 10.1 Å². The van der Waals surface area contributed by atoms with Gasteiger partial charge in [0.1, 0.15) is 0 Å². The van der Waals surface area contributed by atoms with Gasteiger partial charge in [0.15, 0.2) is 10.1 Å². The molecular weight excluding hydrogens is 331 g/mol. The van der Waals surface area contributed by atoms with Crippen LogP contribution in [0.25, 0.3) is 0 Å². The van der Waals surface area contributed by atoms with Crippen molar-refractivity contribution in [2.24, 2.45) is 0 Å². The first kappa shape index (κ1) is 22.7. The summed E-state index contributed by atoms with van der Waals surface area (Å²) < 4.78 is 60.4. The standard InChI is InChI=1S/C14H30N.CHF3O3S/c1-3-5-6-8-12-15(11-4-2)13-9-7-10-14-15;2-1(3,4)8(5,6)7/h3-14H2,1-2H3;(H,5,6,7)/q+1;/p-1. The number of halogens is 3. The molecule has 0 atom stereocenters. The Morgan fingerprint density at radius 1 is 0.913 bits per heavy atom. The first-order chi connectivity index (χ1) is 10.6. The first-order valence-electron chi connectivity index (χ1n) is 8.45. The molecule has 0 bridgehead atoms. The van der Waals surface area contributed by atoms with E-state index >= 15 is 0 Å². The van der Waals surface area contributed by atoms with Crippen LogP contribution >= 0.6 is 0 Å². The number of rotatable bonds is 7. The molecule has 1 rings (SSSR count). The van der Waals surface area contributed by atoms with E-state index in [0.717, 1.165) is 0 Å². The molecule has 0 aromatic heterocycles. The molecule has 0 unspecified atom stereocenters. The second-order valence-electron chi connectivity index (χ2n) is 6.26. The van der Waals surface area contributed by atoms with E-state index in [1.165, 1.54) is 82.0 Å². The second kappa shape index (κ2) is 10.5. The van der Waals surface area contributed by atoms with Gasteiger partial charge in [-0.05, 0) is 38.5 Å². The van der Waals surface area contributed by atoms with E-state index in [-0.39, 0.29) is 0 Å². The van der Waals surface area contributed by atoms with Gasteiger partial charge in [-0.25, -0.2) is 8.42 Å². The van der Waals surface area contributed by atoms with E-state index in [4.69, 9.17) is 13.0 Å². The van der Waals surface area contributed by atoms with Crippen LogP contribution in [0.4, 0.5) is 13.2 Å². The number of likely N-dealkylation sites (tertiary alicyclic amines) is 1. The lowest BCUT2D eigenvalue weighted by Gasteiger charge is -2.41. The average Bonchev–Trinajstić information content (AvgIpc) is 2.44. The summed E-state index contributed by atoms with van der Waals surface area (Å²) in [6.07, 6.45) is 11.5. The molecular formula is C15H30F3NO3S. The van der Waals surface area contributed by atoms with Gasteiger partial charge in [-0.15, -0.1) is 0 Å². The Bertz CT molecular complexity index is 399. The van der Waals surface area contributed by atoms with Crippen LogP contribution in [0.5, 0.6) is 0 Å². The SMILES string of the molecule is CCCCCC[N+]1(CCC)CCCCC1.O=S(=O)([O-])C(F)(F)F. The summed E-state index contributed by atoms with van der Waals surface area (Å²) in [5.41, 5.74) is -5.65. The summed E-state index contributed by atoms with van der Waals surface area (Å²) in [5, 5.41) is 0. The van der Waals surface area contributed by atoms with Crippen molar-refractivity contribution in [3.63, 3.8) is 0 Å². The number of unbranched alkanes of at least 4 members (excludes halogenated alkanes) is 3. The van der Waals surface area contributed by atoms with Crippen LogP contribution in [-0.4, -0.2) is 49.1 Å². The minimum absolute atomic E-state index is 1.37. The third-order valence-electron chi connectivity index (χ3n) is 4.23. The highest BCUT2D eigenvalue weighted by molar-refractivity contribution is 7.86. The molecule has 0 aromatic rings. The normalized spacial score (nSPS) is 18.2. The van der Waals surface area contributed by atoms with E-state index in [2.05, 4.69) is 13.8 Å². The van der Waals surface area contributed by atoms with Crippen molar-refractivity contribution < 1.29 is 30.6 Å². The number of nitrogens with zero attached hydrogens (tertiary/aromatic N) is 1. The smallest absolute Gasteiger partial charge is 0.485 e. The van der Waals surface area contributed by atoms with E-state index in [0.29, 0.717) is 0 Å². The summed E-state index contributed by atoms with van der Waals surface area (Å²) in [5.74, 6) is 0. The monoisotopic (exact) mass is 361 g/mol. The van der Waals surface area contributed by atoms with Gasteiger partial charge in [0, 0.05) is 0 Å². The Labute approximate surface area is 138 Å². The number of alkyl halides is 3. The minimum Gasteiger partial charge on any atom is -0.741 e. The molecule has 4 nitrogen and oxygen atoms in total. The van der Waals surface area contributed by atoms with Gasteiger partial charge in [-0.2, -0.15) is 13.2 Å². The van der Waals surface area contributed by atoms with Crippen LogP contribution in [0.15, 0.2) is 0 Å². The highest BCUT2D eigenvalue weighted by Gasteiger charge is 2.36. The Morgan fingerprint density at radius 3 is 1.83 bits per heavy atom. The molecule has 0 N–H and O–H groups in total. The fourth-order valence-corrected chi connectivity index (χ4v) is 3.09. The van der Waals surface area contributed by atoms with Crippen LogP contribution in [0, 0.1) is 0 Å². The number of hydrogen-bond acceptors (Lipinski definition) is 3. The maximum Gasteiger partial charge on any atom is 0.485 e. The van der Waals surface area contributed by atoms with Gasteiger partial charge in [-0.3, -0.25) is 0 Å². The average molecular weight is 361 g/mol. The lowest BCUT2D eigenvalue weighted by atomic mass is 10.1. The number of hydrogen-bond donors (Lipinski definition) is 0. The largest absolute Gasteiger partial charge is 0.741 e. The Balaban J connectivity index is 0.000000515. The van der Waals surface area contributed by atoms with Crippen molar-refractivity contribution in [3.8, 4) is 0 Å². The molecule has 23 heavy (non-hydrogen) atoms. The Kier molecular flexibility index (Phi) is 10.4. The van der Waals surface area contributed by atoms with Crippen molar-refractivity contribution in [1.29, 1.82) is 0 Å². The number of quaternary nitrogens is 1. The lowest BCUT2D eigenvalue weighted by Crippen LogP contribution is -2.52. The van der Waals surface area contributed by atoms with Crippen molar-refractivity contribution >= 4 is 10.1 Å².